The van der Waals surface area contributed by atoms with Crippen molar-refractivity contribution in [3.63, 3.8) is 0 Å². The Hall–Kier alpha value is -2.37. The van der Waals surface area contributed by atoms with Crippen molar-refractivity contribution in [2.75, 3.05) is 33.2 Å². The molecule has 5 heteroatoms. The maximum absolute atomic E-state index is 13.0. The van der Waals surface area contributed by atoms with Crippen molar-refractivity contribution in [3.8, 4) is 0 Å². The lowest BCUT2D eigenvalue weighted by molar-refractivity contribution is 0.0880. The van der Waals surface area contributed by atoms with Crippen molar-refractivity contribution in [1.82, 2.24) is 9.80 Å². The lowest BCUT2D eigenvalue weighted by Gasteiger charge is -2.33. The second-order valence-corrected chi connectivity index (χ2v) is 7.66. The number of aldehydes is 1. The molecule has 0 aliphatic carbocycles. The smallest absolute Gasteiger partial charge is 0.176 e. The first kappa shape index (κ1) is 20.4. The normalized spacial score (nSPS) is 15.7. The first-order valence-corrected chi connectivity index (χ1v) is 9.78. The van der Waals surface area contributed by atoms with Crippen LogP contribution in [0.2, 0.25) is 0 Å². The van der Waals surface area contributed by atoms with Gasteiger partial charge in [0.1, 0.15) is 12.1 Å². The van der Waals surface area contributed by atoms with Crippen LogP contribution in [0.5, 0.6) is 0 Å². The number of ketones is 1. The first-order valence-electron chi connectivity index (χ1n) is 9.78. The summed E-state index contributed by atoms with van der Waals surface area (Å²) in [5, 5.41) is 0. The number of hydrogen-bond donors (Lipinski definition) is 0. The van der Waals surface area contributed by atoms with Gasteiger partial charge in [0, 0.05) is 24.2 Å². The van der Waals surface area contributed by atoms with Crippen LogP contribution >= 0.6 is 0 Å². The second-order valence-electron chi connectivity index (χ2n) is 7.66. The minimum Gasteiger partial charge on any atom is -0.302 e. The Morgan fingerprint density at radius 3 is 2.50 bits per heavy atom. The van der Waals surface area contributed by atoms with Gasteiger partial charge in [-0.3, -0.25) is 14.5 Å². The van der Waals surface area contributed by atoms with E-state index in [1.807, 2.05) is 24.3 Å². The van der Waals surface area contributed by atoms with Crippen LogP contribution in [0, 0.1) is 11.7 Å². The van der Waals surface area contributed by atoms with Crippen LogP contribution in [0.4, 0.5) is 4.39 Å². The summed E-state index contributed by atoms with van der Waals surface area (Å²) in [4.78, 5) is 28.0. The summed E-state index contributed by atoms with van der Waals surface area (Å²) in [7, 11) is 2.09. The minimum absolute atomic E-state index is 0.0426. The van der Waals surface area contributed by atoms with Gasteiger partial charge in [0.2, 0.25) is 0 Å². The van der Waals surface area contributed by atoms with Crippen molar-refractivity contribution in [2.24, 2.45) is 5.92 Å². The lowest BCUT2D eigenvalue weighted by atomic mass is 9.95. The van der Waals surface area contributed by atoms with Gasteiger partial charge in [-0.1, -0.05) is 24.3 Å². The molecule has 0 N–H and O–H groups in total. The van der Waals surface area contributed by atoms with E-state index in [1.54, 1.807) is 12.1 Å². The van der Waals surface area contributed by atoms with Gasteiger partial charge >= 0.3 is 0 Å². The van der Waals surface area contributed by atoms with E-state index in [9.17, 15) is 14.0 Å². The molecule has 4 nitrogen and oxygen atoms in total. The van der Waals surface area contributed by atoms with E-state index in [0.717, 1.165) is 56.4 Å². The van der Waals surface area contributed by atoms with E-state index in [2.05, 4.69) is 16.8 Å². The van der Waals surface area contributed by atoms with E-state index < -0.39 is 0 Å². The third-order valence-corrected chi connectivity index (χ3v) is 5.43. The van der Waals surface area contributed by atoms with Crippen LogP contribution in [0.1, 0.15) is 39.1 Å². The van der Waals surface area contributed by atoms with Crippen molar-refractivity contribution in [3.05, 3.63) is 71.0 Å². The fraction of sp³-hybridized carbons (Fsp3) is 0.391. The van der Waals surface area contributed by atoms with Gasteiger partial charge in [0.05, 0.1) is 6.54 Å². The number of Topliss-reactive ketones (excluding diaryl/α,β-unsaturated/α-hetero) is 1. The highest BCUT2D eigenvalue weighted by Crippen LogP contribution is 2.20. The molecule has 0 radical (unpaired) electrons. The summed E-state index contributed by atoms with van der Waals surface area (Å²) < 4.78 is 13.0. The molecule has 2 aromatic carbocycles. The minimum atomic E-state index is -0.322. The molecule has 3 rings (SSSR count). The average molecular weight is 382 g/mol. The first-order chi connectivity index (χ1) is 13.5. The number of carbonyl (C=O) groups is 2. The van der Waals surface area contributed by atoms with Gasteiger partial charge in [0.15, 0.2) is 5.78 Å². The zero-order valence-corrected chi connectivity index (χ0v) is 16.3. The molecule has 0 spiro atoms. The Kier molecular flexibility index (Phi) is 7.06. The molecule has 1 aliphatic rings. The molecular formula is C23H27FN2O2. The van der Waals surface area contributed by atoms with Gasteiger partial charge in [-0.25, -0.2) is 4.39 Å². The topological polar surface area (TPSA) is 40.6 Å². The summed E-state index contributed by atoms with van der Waals surface area (Å²) in [5.41, 5.74) is 2.38. The van der Waals surface area contributed by atoms with Crippen LogP contribution in [-0.4, -0.2) is 55.1 Å². The predicted octanol–water partition coefficient (Wildman–Crippen LogP) is 3.66. The van der Waals surface area contributed by atoms with E-state index >= 15 is 0 Å². The fourth-order valence-electron chi connectivity index (χ4n) is 3.85. The highest BCUT2D eigenvalue weighted by molar-refractivity contribution is 5.97. The number of rotatable bonds is 8. The molecule has 1 aliphatic heterocycles. The molecule has 28 heavy (non-hydrogen) atoms. The molecule has 0 aromatic heterocycles. The maximum atomic E-state index is 13.0. The molecule has 0 saturated carbocycles. The fourth-order valence-corrected chi connectivity index (χ4v) is 3.85. The number of hydrogen-bond acceptors (Lipinski definition) is 4. The molecule has 1 heterocycles. The van der Waals surface area contributed by atoms with Gasteiger partial charge in [-0.15, -0.1) is 0 Å². The highest BCUT2D eigenvalue weighted by atomic mass is 19.1. The molecule has 0 unspecified atom stereocenters. The van der Waals surface area contributed by atoms with Crippen LogP contribution in [0.3, 0.4) is 0 Å². The van der Waals surface area contributed by atoms with Crippen LogP contribution in [0.15, 0.2) is 48.5 Å². The molecular weight excluding hydrogens is 355 g/mol. The number of carbonyl (C=O) groups excluding carboxylic acids is 2. The highest BCUT2D eigenvalue weighted by Gasteiger charge is 2.22. The van der Waals surface area contributed by atoms with Crippen LogP contribution in [0.25, 0.3) is 0 Å². The standard InChI is InChI=1S/C23H27FN2O2/c1-25(15-20-4-2-3-5-21(20)17-27)14-18-10-12-26(13-11-18)16-23(28)19-6-8-22(24)9-7-19/h2-9,17-18H,10-16H2,1H3. The quantitative estimate of drug-likeness (QED) is 0.516. The molecule has 2 aromatic rings. The Morgan fingerprint density at radius 2 is 1.82 bits per heavy atom. The zero-order valence-electron chi connectivity index (χ0n) is 16.3. The molecule has 0 atom stereocenters. The molecule has 1 saturated heterocycles. The van der Waals surface area contributed by atoms with Gasteiger partial charge < -0.3 is 4.90 Å². The van der Waals surface area contributed by atoms with E-state index in [1.165, 1.54) is 12.1 Å². The number of piperidine rings is 1. The molecule has 0 amide bonds. The van der Waals surface area contributed by atoms with Crippen LogP contribution in [-0.2, 0) is 6.54 Å². The van der Waals surface area contributed by atoms with E-state index in [4.69, 9.17) is 0 Å². The van der Waals surface area contributed by atoms with Crippen molar-refractivity contribution in [2.45, 2.75) is 19.4 Å². The average Bonchev–Trinajstić information content (AvgIpc) is 2.70. The van der Waals surface area contributed by atoms with E-state index in [-0.39, 0.29) is 11.6 Å². The lowest BCUT2D eigenvalue weighted by Crippen LogP contribution is -2.40. The zero-order chi connectivity index (χ0) is 19.9. The number of halogens is 1. The Balaban J connectivity index is 1.44. The third kappa shape index (κ3) is 5.57. The molecule has 1 fully saturated rings. The summed E-state index contributed by atoms with van der Waals surface area (Å²) in [6, 6.07) is 13.5. The SMILES string of the molecule is CN(Cc1ccccc1C=O)CC1CCN(CC(=O)c2ccc(F)cc2)CC1. The third-order valence-electron chi connectivity index (χ3n) is 5.43. The van der Waals surface area contributed by atoms with Crippen molar-refractivity contribution < 1.29 is 14.0 Å². The monoisotopic (exact) mass is 382 g/mol. The molecule has 0 bridgehead atoms. The summed E-state index contributed by atoms with van der Waals surface area (Å²) in [6.45, 7) is 3.93. The summed E-state index contributed by atoms with van der Waals surface area (Å²) in [6.07, 6.45) is 3.02. The number of benzene rings is 2. The predicted molar refractivity (Wildman–Crippen MR) is 108 cm³/mol. The summed E-state index contributed by atoms with van der Waals surface area (Å²) >= 11 is 0. The number of nitrogens with zero attached hydrogens (tertiary/aromatic N) is 2. The largest absolute Gasteiger partial charge is 0.302 e. The Labute approximate surface area is 166 Å². The van der Waals surface area contributed by atoms with E-state index in [0.29, 0.717) is 18.0 Å². The maximum Gasteiger partial charge on any atom is 0.176 e. The van der Waals surface area contributed by atoms with Crippen LogP contribution < -0.4 is 0 Å². The van der Waals surface area contributed by atoms with Gasteiger partial charge in [-0.2, -0.15) is 0 Å². The van der Waals surface area contributed by atoms with Crippen molar-refractivity contribution >= 4 is 12.1 Å². The van der Waals surface area contributed by atoms with Crippen molar-refractivity contribution in [1.29, 1.82) is 0 Å². The Morgan fingerprint density at radius 1 is 1.14 bits per heavy atom. The second kappa shape index (κ2) is 9.71. The van der Waals surface area contributed by atoms with Gasteiger partial charge in [-0.05, 0) is 68.7 Å². The number of likely N-dealkylation sites (tertiary alicyclic amines) is 1. The van der Waals surface area contributed by atoms with Gasteiger partial charge in [0.25, 0.3) is 0 Å². The molecule has 148 valence electrons. The summed E-state index contributed by atoms with van der Waals surface area (Å²) in [5.74, 6) is 0.309. The Bertz CT molecular complexity index is 799.